The minimum Gasteiger partial charge on any atom is -0.481 e. The van der Waals surface area contributed by atoms with E-state index in [-0.39, 0.29) is 35.7 Å². The van der Waals surface area contributed by atoms with Crippen molar-refractivity contribution in [3.8, 4) is 0 Å². The van der Waals surface area contributed by atoms with Crippen molar-refractivity contribution in [1.82, 2.24) is 5.32 Å². The van der Waals surface area contributed by atoms with Crippen LogP contribution in [0.4, 0.5) is 0 Å². The molecule has 2 atom stereocenters. The Bertz CT molecular complexity index is 354. The summed E-state index contributed by atoms with van der Waals surface area (Å²) in [5.41, 5.74) is 5.94. The van der Waals surface area contributed by atoms with Gasteiger partial charge >= 0.3 is 5.97 Å². The predicted molar refractivity (Wildman–Crippen MR) is 84.9 cm³/mol. The number of nitrogens with two attached hydrogens (primary N) is 1. The fourth-order valence-electron chi connectivity index (χ4n) is 2.39. The van der Waals surface area contributed by atoms with Crippen molar-refractivity contribution < 1.29 is 14.7 Å². The maximum Gasteiger partial charge on any atom is 0.308 e. The van der Waals surface area contributed by atoms with Crippen LogP contribution in [0.25, 0.3) is 0 Å². The third-order valence-corrected chi connectivity index (χ3v) is 3.08. The summed E-state index contributed by atoms with van der Waals surface area (Å²) in [6, 6.07) is -0.198. The average molecular weight is 300 g/mol. The molecule has 0 heterocycles. The first-order valence-electron chi connectivity index (χ1n) is 7.55. The molecule has 0 saturated heterocycles. The molecule has 0 saturated carbocycles. The van der Waals surface area contributed by atoms with Gasteiger partial charge in [0.25, 0.3) is 0 Å². The summed E-state index contributed by atoms with van der Waals surface area (Å²) in [5.74, 6) is -1.61. The van der Waals surface area contributed by atoms with Crippen molar-refractivity contribution in [1.29, 1.82) is 0 Å². The van der Waals surface area contributed by atoms with Gasteiger partial charge in [0.05, 0.1) is 5.92 Å². The van der Waals surface area contributed by atoms with Crippen molar-refractivity contribution >= 4 is 11.9 Å². The first-order valence-corrected chi connectivity index (χ1v) is 7.55. The molecule has 0 aliphatic rings. The van der Waals surface area contributed by atoms with Gasteiger partial charge in [-0.1, -0.05) is 41.5 Å². The molecule has 0 aromatic rings. The van der Waals surface area contributed by atoms with Crippen LogP contribution in [0.5, 0.6) is 0 Å². The van der Waals surface area contributed by atoms with E-state index in [1.165, 1.54) is 0 Å². The maximum absolute atomic E-state index is 11.8. The highest BCUT2D eigenvalue weighted by Gasteiger charge is 2.25. The molecule has 5 heteroatoms. The molecule has 2 unspecified atom stereocenters. The number of hydrogen-bond donors (Lipinski definition) is 3. The molecule has 0 aromatic carbocycles. The lowest BCUT2D eigenvalue weighted by molar-refractivity contribution is -0.142. The van der Waals surface area contributed by atoms with E-state index in [1.54, 1.807) is 0 Å². The molecule has 0 aliphatic carbocycles. The second-order valence-electron chi connectivity index (χ2n) is 8.33. The Balaban J connectivity index is 4.29. The molecule has 0 aliphatic heterocycles. The SMILES string of the molecule is CC(C)(C)CC(N)CC(=O)NCC(CC(C)(C)C)C(=O)O. The molecule has 5 nitrogen and oxygen atoms in total. The van der Waals surface area contributed by atoms with Gasteiger partial charge in [0.1, 0.15) is 0 Å². The molecule has 0 bridgehead atoms. The molecular weight excluding hydrogens is 268 g/mol. The lowest BCUT2D eigenvalue weighted by Crippen LogP contribution is -2.38. The lowest BCUT2D eigenvalue weighted by atomic mass is 9.84. The second-order valence-corrected chi connectivity index (χ2v) is 8.33. The van der Waals surface area contributed by atoms with E-state index in [0.717, 1.165) is 6.42 Å². The number of rotatable bonds is 7. The van der Waals surface area contributed by atoms with Gasteiger partial charge in [-0.2, -0.15) is 0 Å². The molecule has 21 heavy (non-hydrogen) atoms. The van der Waals surface area contributed by atoms with Crippen molar-refractivity contribution in [3.63, 3.8) is 0 Å². The quantitative estimate of drug-likeness (QED) is 0.673. The smallest absolute Gasteiger partial charge is 0.308 e. The zero-order chi connectivity index (χ0) is 16.8. The maximum atomic E-state index is 11.8. The highest BCUT2D eigenvalue weighted by Crippen LogP contribution is 2.24. The third-order valence-electron chi connectivity index (χ3n) is 3.08. The number of hydrogen-bond acceptors (Lipinski definition) is 3. The van der Waals surface area contributed by atoms with Crippen molar-refractivity contribution in [2.24, 2.45) is 22.5 Å². The summed E-state index contributed by atoms with van der Waals surface area (Å²) in [5, 5.41) is 11.9. The van der Waals surface area contributed by atoms with Gasteiger partial charge in [-0.05, 0) is 23.7 Å². The van der Waals surface area contributed by atoms with Crippen molar-refractivity contribution in [2.75, 3.05) is 6.54 Å². The van der Waals surface area contributed by atoms with Crippen LogP contribution < -0.4 is 11.1 Å². The summed E-state index contributed by atoms with van der Waals surface area (Å²) < 4.78 is 0. The van der Waals surface area contributed by atoms with E-state index in [0.29, 0.717) is 6.42 Å². The summed E-state index contributed by atoms with van der Waals surface area (Å²) >= 11 is 0. The molecule has 4 N–H and O–H groups in total. The standard InChI is InChI=1S/C16H32N2O3/c1-15(2,3)8-11(14(20)21)10-18-13(19)7-12(17)9-16(4,5)6/h11-12H,7-10,17H2,1-6H3,(H,18,19)(H,20,21). The topological polar surface area (TPSA) is 92.4 Å². The fraction of sp³-hybridized carbons (Fsp3) is 0.875. The van der Waals surface area contributed by atoms with Gasteiger partial charge < -0.3 is 16.2 Å². The average Bonchev–Trinajstić information content (AvgIpc) is 2.19. The fourth-order valence-corrected chi connectivity index (χ4v) is 2.39. The van der Waals surface area contributed by atoms with Crippen LogP contribution in [0.1, 0.15) is 60.8 Å². The number of amides is 1. The first kappa shape index (κ1) is 19.9. The number of aliphatic carboxylic acids is 1. The normalized spacial score (nSPS) is 15.4. The molecule has 0 fully saturated rings. The van der Waals surface area contributed by atoms with Gasteiger partial charge in [0, 0.05) is 19.0 Å². The monoisotopic (exact) mass is 300 g/mol. The number of carboxylic acids is 1. The summed E-state index contributed by atoms with van der Waals surface area (Å²) in [6.07, 6.45) is 1.51. The Morgan fingerprint density at radius 1 is 1.05 bits per heavy atom. The number of carbonyl (C=O) groups excluding carboxylic acids is 1. The first-order chi connectivity index (χ1) is 9.30. The summed E-state index contributed by atoms with van der Waals surface area (Å²) in [6.45, 7) is 12.4. The molecule has 0 spiro atoms. The Labute approximate surface area is 128 Å². The van der Waals surface area contributed by atoms with Crippen molar-refractivity contribution in [2.45, 2.75) is 66.8 Å². The van der Waals surface area contributed by atoms with Crippen LogP contribution in [0.3, 0.4) is 0 Å². The summed E-state index contributed by atoms with van der Waals surface area (Å²) in [4.78, 5) is 23.1. The van der Waals surface area contributed by atoms with Crippen LogP contribution in [0.2, 0.25) is 0 Å². The minimum absolute atomic E-state index is 0.0789. The van der Waals surface area contributed by atoms with Crippen LogP contribution in [0.15, 0.2) is 0 Å². The van der Waals surface area contributed by atoms with E-state index in [1.807, 2.05) is 20.8 Å². The van der Waals surface area contributed by atoms with E-state index in [4.69, 9.17) is 5.73 Å². The highest BCUT2D eigenvalue weighted by molar-refractivity contribution is 5.77. The van der Waals surface area contributed by atoms with Gasteiger partial charge in [0.15, 0.2) is 0 Å². The number of carbonyl (C=O) groups is 2. The molecule has 1 amide bonds. The molecule has 0 aromatic heterocycles. The predicted octanol–water partition coefficient (Wildman–Crippen LogP) is 2.39. The Morgan fingerprint density at radius 2 is 1.52 bits per heavy atom. The summed E-state index contributed by atoms with van der Waals surface area (Å²) in [7, 11) is 0. The van der Waals surface area contributed by atoms with E-state index >= 15 is 0 Å². The van der Waals surface area contributed by atoms with Crippen molar-refractivity contribution in [3.05, 3.63) is 0 Å². The zero-order valence-corrected chi connectivity index (χ0v) is 14.3. The molecule has 0 radical (unpaired) electrons. The Kier molecular flexibility index (Phi) is 7.37. The van der Waals surface area contributed by atoms with Crippen LogP contribution in [-0.2, 0) is 9.59 Å². The number of carboxylic acid groups (broad SMARTS) is 1. The zero-order valence-electron chi connectivity index (χ0n) is 14.3. The van der Waals surface area contributed by atoms with E-state index in [2.05, 4.69) is 26.1 Å². The molecular formula is C16H32N2O3. The Hall–Kier alpha value is -1.10. The molecule has 124 valence electrons. The van der Waals surface area contributed by atoms with E-state index < -0.39 is 11.9 Å². The highest BCUT2D eigenvalue weighted by atomic mass is 16.4. The molecule has 0 rings (SSSR count). The third kappa shape index (κ3) is 11.3. The number of nitrogens with one attached hydrogen (secondary N) is 1. The van der Waals surface area contributed by atoms with E-state index in [9.17, 15) is 14.7 Å². The Morgan fingerprint density at radius 3 is 1.90 bits per heavy atom. The lowest BCUT2D eigenvalue weighted by Gasteiger charge is -2.24. The minimum atomic E-state index is -0.871. The van der Waals surface area contributed by atoms with Gasteiger partial charge in [-0.15, -0.1) is 0 Å². The largest absolute Gasteiger partial charge is 0.481 e. The van der Waals surface area contributed by atoms with Crippen LogP contribution >= 0.6 is 0 Å². The van der Waals surface area contributed by atoms with Gasteiger partial charge in [-0.3, -0.25) is 9.59 Å². The van der Waals surface area contributed by atoms with Crippen LogP contribution in [0, 0.1) is 16.7 Å². The van der Waals surface area contributed by atoms with Gasteiger partial charge in [0.2, 0.25) is 5.91 Å². The van der Waals surface area contributed by atoms with Crippen LogP contribution in [-0.4, -0.2) is 29.6 Å². The second kappa shape index (κ2) is 7.78. The van der Waals surface area contributed by atoms with Gasteiger partial charge in [-0.25, -0.2) is 0 Å².